The number of benzene rings is 1. The quantitative estimate of drug-likeness (QED) is 0.883. The van der Waals surface area contributed by atoms with Crippen LogP contribution in [0.25, 0.3) is 0 Å². The minimum atomic E-state index is -0.429. The lowest BCUT2D eigenvalue weighted by Gasteiger charge is -2.39. The van der Waals surface area contributed by atoms with Crippen LogP contribution in [0.1, 0.15) is 39.2 Å². The number of likely N-dealkylation sites (tertiary alicyclic amines) is 1. The summed E-state index contributed by atoms with van der Waals surface area (Å²) in [5.74, 6) is 0.319. The van der Waals surface area contributed by atoms with Crippen LogP contribution in [0.4, 0.5) is 9.59 Å². The maximum Gasteiger partial charge on any atom is 0.409 e. The Labute approximate surface area is 149 Å². The molecular weight excluding hydrogens is 320 g/mol. The van der Waals surface area contributed by atoms with Gasteiger partial charge in [-0.15, -0.1) is 0 Å². The highest BCUT2D eigenvalue weighted by Crippen LogP contribution is 2.22. The first-order chi connectivity index (χ1) is 11.9. The molecule has 6 nitrogen and oxygen atoms in total. The monoisotopic (exact) mass is 348 g/mol. The van der Waals surface area contributed by atoms with Crippen LogP contribution in [0.5, 0.6) is 0 Å². The molecule has 0 atom stereocenters. The SMILES string of the molecule is CC(C)COC(=O)N1CCC(C)(NC(=O)OCc2ccccc2)CC1. The molecule has 0 aromatic heterocycles. The van der Waals surface area contributed by atoms with Crippen molar-refractivity contribution in [1.29, 1.82) is 0 Å². The summed E-state index contributed by atoms with van der Waals surface area (Å²) in [5.41, 5.74) is 0.577. The second-order valence-corrected chi connectivity index (χ2v) is 7.21. The largest absolute Gasteiger partial charge is 0.449 e. The van der Waals surface area contributed by atoms with Crippen molar-refractivity contribution in [3.8, 4) is 0 Å². The fraction of sp³-hybridized carbons (Fsp3) is 0.579. The van der Waals surface area contributed by atoms with E-state index in [1.807, 2.05) is 51.1 Å². The molecule has 0 radical (unpaired) electrons. The standard InChI is InChI=1S/C19H28N2O4/c1-15(2)13-25-18(23)21-11-9-19(3,10-12-21)20-17(22)24-14-16-7-5-4-6-8-16/h4-8,15H,9-14H2,1-3H3,(H,20,22). The lowest BCUT2D eigenvalue weighted by Crippen LogP contribution is -2.54. The second kappa shape index (κ2) is 8.74. The van der Waals surface area contributed by atoms with E-state index in [4.69, 9.17) is 9.47 Å². The number of rotatable bonds is 5. The zero-order chi connectivity index (χ0) is 18.3. The van der Waals surface area contributed by atoms with E-state index in [-0.39, 0.29) is 18.2 Å². The minimum Gasteiger partial charge on any atom is -0.449 e. The van der Waals surface area contributed by atoms with Gasteiger partial charge in [-0.25, -0.2) is 9.59 Å². The normalized spacial score (nSPS) is 16.4. The van der Waals surface area contributed by atoms with Gasteiger partial charge in [-0.2, -0.15) is 0 Å². The van der Waals surface area contributed by atoms with Gasteiger partial charge in [0.1, 0.15) is 6.61 Å². The van der Waals surface area contributed by atoms with Crippen LogP contribution in [0.3, 0.4) is 0 Å². The van der Waals surface area contributed by atoms with Crippen molar-refractivity contribution in [2.75, 3.05) is 19.7 Å². The summed E-state index contributed by atoms with van der Waals surface area (Å²) in [6.45, 7) is 7.79. The van der Waals surface area contributed by atoms with Crippen molar-refractivity contribution in [3.63, 3.8) is 0 Å². The number of ether oxygens (including phenoxy) is 2. The van der Waals surface area contributed by atoms with Crippen molar-refractivity contribution >= 4 is 12.2 Å². The zero-order valence-electron chi connectivity index (χ0n) is 15.3. The molecule has 2 rings (SSSR count). The topological polar surface area (TPSA) is 67.9 Å². The van der Waals surface area contributed by atoms with Crippen LogP contribution < -0.4 is 5.32 Å². The van der Waals surface area contributed by atoms with Gasteiger partial charge >= 0.3 is 12.2 Å². The second-order valence-electron chi connectivity index (χ2n) is 7.21. The zero-order valence-corrected chi connectivity index (χ0v) is 15.3. The van der Waals surface area contributed by atoms with Gasteiger partial charge in [0.05, 0.1) is 6.61 Å². The molecule has 1 aromatic rings. The van der Waals surface area contributed by atoms with Crippen LogP contribution in [-0.4, -0.2) is 42.3 Å². The molecule has 1 N–H and O–H groups in total. The third kappa shape index (κ3) is 6.29. The number of hydrogen-bond donors (Lipinski definition) is 1. The maximum atomic E-state index is 12.0. The Morgan fingerprint density at radius 3 is 2.40 bits per heavy atom. The van der Waals surface area contributed by atoms with Crippen LogP contribution in [0, 0.1) is 5.92 Å². The van der Waals surface area contributed by atoms with E-state index < -0.39 is 6.09 Å². The van der Waals surface area contributed by atoms with Crippen LogP contribution >= 0.6 is 0 Å². The summed E-state index contributed by atoms with van der Waals surface area (Å²) in [6.07, 6.45) is 0.638. The van der Waals surface area contributed by atoms with Gasteiger partial charge in [-0.05, 0) is 31.2 Å². The number of alkyl carbamates (subject to hydrolysis) is 1. The smallest absolute Gasteiger partial charge is 0.409 e. The lowest BCUT2D eigenvalue weighted by atomic mass is 9.90. The lowest BCUT2D eigenvalue weighted by molar-refractivity contribution is 0.0693. The van der Waals surface area contributed by atoms with Crippen molar-refractivity contribution in [1.82, 2.24) is 10.2 Å². The van der Waals surface area contributed by atoms with E-state index in [0.717, 1.165) is 5.56 Å². The molecule has 0 saturated carbocycles. The van der Waals surface area contributed by atoms with E-state index >= 15 is 0 Å². The number of nitrogens with zero attached hydrogens (tertiary/aromatic N) is 1. The molecule has 1 saturated heterocycles. The van der Waals surface area contributed by atoms with Gasteiger partial charge in [-0.3, -0.25) is 0 Å². The summed E-state index contributed by atoms with van der Waals surface area (Å²) in [6, 6.07) is 9.56. The van der Waals surface area contributed by atoms with Crippen LogP contribution in [0.15, 0.2) is 30.3 Å². The molecular formula is C19H28N2O4. The molecule has 1 heterocycles. The fourth-order valence-electron chi connectivity index (χ4n) is 2.64. The Morgan fingerprint density at radius 1 is 1.16 bits per heavy atom. The Morgan fingerprint density at radius 2 is 1.80 bits per heavy atom. The predicted molar refractivity (Wildman–Crippen MR) is 95.2 cm³/mol. The Balaban J connectivity index is 1.74. The fourth-order valence-corrected chi connectivity index (χ4v) is 2.64. The van der Waals surface area contributed by atoms with Crippen LogP contribution in [-0.2, 0) is 16.1 Å². The highest BCUT2D eigenvalue weighted by Gasteiger charge is 2.34. The Bertz CT molecular complexity index is 566. The molecule has 0 aliphatic carbocycles. The van der Waals surface area contributed by atoms with E-state index in [1.165, 1.54) is 0 Å². The first-order valence-corrected chi connectivity index (χ1v) is 8.78. The molecule has 6 heteroatoms. The van der Waals surface area contributed by atoms with E-state index in [0.29, 0.717) is 38.5 Å². The summed E-state index contributed by atoms with van der Waals surface area (Å²) >= 11 is 0. The maximum absolute atomic E-state index is 12.0. The molecule has 0 unspecified atom stereocenters. The van der Waals surface area contributed by atoms with Gasteiger partial charge in [0, 0.05) is 18.6 Å². The van der Waals surface area contributed by atoms with Crippen molar-refractivity contribution in [3.05, 3.63) is 35.9 Å². The number of nitrogens with one attached hydrogen (secondary N) is 1. The molecule has 138 valence electrons. The van der Waals surface area contributed by atoms with Gasteiger partial charge in [-0.1, -0.05) is 44.2 Å². The summed E-state index contributed by atoms with van der Waals surface area (Å²) in [4.78, 5) is 25.7. The first kappa shape index (κ1) is 19.1. The molecule has 1 aromatic carbocycles. The average Bonchev–Trinajstić information content (AvgIpc) is 2.59. The van der Waals surface area contributed by atoms with E-state index in [9.17, 15) is 9.59 Å². The molecule has 1 aliphatic rings. The molecule has 25 heavy (non-hydrogen) atoms. The molecule has 2 amide bonds. The number of piperidine rings is 1. The van der Waals surface area contributed by atoms with Gasteiger partial charge < -0.3 is 19.7 Å². The minimum absolute atomic E-state index is 0.246. The van der Waals surface area contributed by atoms with E-state index in [1.54, 1.807) is 4.90 Å². The highest BCUT2D eigenvalue weighted by atomic mass is 16.6. The summed E-state index contributed by atoms with van der Waals surface area (Å²) in [5, 5.41) is 2.94. The summed E-state index contributed by atoms with van der Waals surface area (Å²) in [7, 11) is 0. The van der Waals surface area contributed by atoms with E-state index in [2.05, 4.69) is 5.32 Å². The Hall–Kier alpha value is -2.24. The van der Waals surface area contributed by atoms with Gasteiger partial charge in [0.15, 0.2) is 0 Å². The van der Waals surface area contributed by atoms with Gasteiger partial charge in [0.2, 0.25) is 0 Å². The average molecular weight is 348 g/mol. The van der Waals surface area contributed by atoms with Crippen molar-refractivity contribution in [2.24, 2.45) is 5.92 Å². The van der Waals surface area contributed by atoms with Crippen molar-refractivity contribution < 1.29 is 19.1 Å². The van der Waals surface area contributed by atoms with Crippen LogP contribution in [0.2, 0.25) is 0 Å². The molecule has 0 spiro atoms. The highest BCUT2D eigenvalue weighted by molar-refractivity contribution is 5.69. The molecule has 0 bridgehead atoms. The van der Waals surface area contributed by atoms with Gasteiger partial charge in [0.25, 0.3) is 0 Å². The number of carbonyl (C=O) groups excluding carboxylic acids is 2. The first-order valence-electron chi connectivity index (χ1n) is 8.78. The predicted octanol–water partition coefficient (Wildman–Crippen LogP) is 3.56. The molecule has 1 fully saturated rings. The Kier molecular flexibility index (Phi) is 6.67. The summed E-state index contributed by atoms with van der Waals surface area (Å²) < 4.78 is 10.5. The van der Waals surface area contributed by atoms with Crippen molar-refractivity contribution in [2.45, 2.75) is 45.8 Å². The number of hydrogen-bond acceptors (Lipinski definition) is 4. The third-order valence-corrected chi connectivity index (χ3v) is 4.28. The number of carbonyl (C=O) groups is 2. The number of amides is 2. The third-order valence-electron chi connectivity index (χ3n) is 4.28. The molecule has 1 aliphatic heterocycles.